The fraction of sp³-hybridized carbons (Fsp3) is 0.500. The number of rotatable bonds is 4. The predicted octanol–water partition coefficient (Wildman–Crippen LogP) is 3.27. The molecule has 2 rings (SSSR count). The van der Waals surface area contributed by atoms with Gasteiger partial charge in [0.1, 0.15) is 0 Å². The van der Waals surface area contributed by atoms with Gasteiger partial charge in [-0.3, -0.25) is 9.69 Å². The maximum absolute atomic E-state index is 11.9. The minimum Gasteiger partial charge on any atom is -0.348 e. The Kier molecular flexibility index (Phi) is 5.08. The van der Waals surface area contributed by atoms with Gasteiger partial charge in [0.2, 0.25) is 5.91 Å². The van der Waals surface area contributed by atoms with Gasteiger partial charge in [0.05, 0.1) is 12.6 Å². The van der Waals surface area contributed by atoms with E-state index in [9.17, 15) is 4.79 Å². The second-order valence-corrected chi connectivity index (χ2v) is 5.78. The zero-order valence-electron chi connectivity index (χ0n) is 11.0. The van der Waals surface area contributed by atoms with E-state index in [1.54, 1.807) is 12.1 Å². The van der Waals surface area contributed by atoms with Crippen molar-refractivity contribution >= 4 is 29.1 Å². The van der Waals surface area contributed by atoms with Gasteiger partial charge in [-0.2, -0.15) is 0 Å². The molecule has 0 spiro atoms. The molecule has 1 atom stereocenters. The number of halogens is 2. The topological polar surface area (TPSA) is 32.3 Å². The van der Waals surface area contributed by atoms with Gasteiger partial charge in [0, 0.05) is 10.0 Å². The van der Waals surface area contributed by atoms with E-state index in [4.69, 9.17) is 23.2 Å². The molecule has 1 aromatic carbocycles. The first kappa shape index (κ1) is 14.6. The first-order valence-electron chi connectivity index (χ1n) is 6.53. The van der Waals surface area contributed by atoms with Crippen LogP contribution in [0.1, 0.15) is 31.4 Å². The van der Waals surface area contributed by atoms with Crippen LogP contribution < -0.4 is 5.32 Å². The Morgan fingerprint density at radius 2 is 2.05 bits per heavy atom. The molecule has 1 heterocycles. The van der Waals surface area contributed by atoms with Crippen LogP contribution in [0.15, 0.2) is 18.2 Å². The van der Waals surface area contributed by atoms with Crippen LogP contribution in [0.2, 0.25) is 10.0 Å². The molecule has 19 heavy (non-hydrogen) atoms. The summed E-state index contributed by atoms with van der Waals surface area (Å²) in [4.78, 5) is 14.1. The van der Waals surface area contributed by atoms with Gasteiger partial charge in [0.15, 0.2) is 0 Å². The van der Waals surface area contributed by atoms with E-state index >= 15 is 0 Å². The van der Waals surface area contributed by atoms with E-state index in [1.807, 2.05) is 13.0 Å². The molecule has 0 saturated carbocycles. The predicted molar refractivity (Wildman–Crippen MR) is 78.7 cm³/mol. The fourth-order valence-corrected chi connectivity index (χ4v) is 2.93. The molecule has 1 aliphatic heterocycles. The highest BCUT2D eigenvalue weighted by Gasteiger charge is 2.17. The number of nitrogens with zero attached hydrogens (tertiary/aromatic N) is 1. The minimum atomic E-state index is -0.111. The van der Waals surface area contributed by atoms with Crippen LogP contribution in [-0.4, -0.2) is 30.4 Å². The van der Waals surface area contributed by atoms with Crippen molar-refractivity contribution in [3.8, 4) is 0 Å². The van der Waals surface area contributed by atoms with E-state index in [0.717, 1.165) is 18.7 Å². The summed E-state index contributed by atoms with van der Waals surface area (Å²) in [5.74, 6) is 0.0421. The van der Waals surface area contributed by atoms with Crippen LogP contribution >= 0.6 is 23.2 Å². The van der Waals surface area contributed by atoms with Gasteiger partial charge >= 0.3 is 0 Å². The standard InChI is InChI=1S/C14H18Cl2N2O/c1-10(12-5-4-11(15)8-13(12)16)17-14(19)9-18-6-2-3-7-18/h4-5,8,10H,2-3,6-7,9H2,1H3,(H,17,19)/t10-/m1/s1. The average molecular weight is 301 g/mol. The minimum absolute atomic E-state index is 0.0421. The Labute approximate surface area is 123 Å². The summed E-state index contributed by atoms with van der Waals surface area (Å²) in [6.45, 7) is 4.43. The Bertz CT molecular complexity index is 459. The van der Waals surface area contributed by atoms with Gasteiger partial charge in [-0.1, -0.05) is 29.3 Å². The Morgan fingerprint density at radius 1 is 1.37 bits per heavy atom. The largest absolute Gasteiger partial charge is 0.348 e. The summed E-state index contributed by atoms with van der Waals surface area (Å²) in [7, 11) is 0. The van der Waals surface area contributed by atoms with E-state index < -0.39 is 0 Å². The molecule has 1 amide bonds. The van der Waals surface area contributed by atoms with Crippen molar-refractivity contribution in [3.05, 3.63) is 33.8 Å². The number of amides is 1. The zero-order chi connectivity index (χ0) is 13.8. The number of likely N-dealkylation sites (tertiary alicyclic amines) is 1. The van der Waals surface area contributed by atoms with Crippen LogP contribution in [0.25, 0.3) is 0 Å². The highest BCUT2D eigenvalue weighted by atomic mass is 35.5. The third-order valence-corrected chi connectivity index (χ3v) is 3.93. The molecule has 1 aliphatic rings. The number of carbonyl (C=O) groups excluding carboxylic acids is 1. The van der Waals surface area contributed by atoms with Gasteiger partial charge < -0.3 is 5.32 Å². The van der Waals surface area contributed by atoms with Crippen molar-refractivity contribution in [3.63, 3.8) is 0 Å². The second-order valence-electron chi connectivity index (χ2n) is 4.94. The Balaban J connectivity index is 1.92. The highest BCUT2D eigenvalue weighted by molar-refractivity contribution is 6.35. The van der Waals surface area contributed by atoms with Crippen molar-refractivity contribution in [1.82, 2.24) is 10.2 Å². The molecule has 104 valence electrons. The number of nitrogens with one attached hydrogen (secondary N) is 1. The lowest BCUT2D eigenvalue weighted by molar-refractivity contribution is -0.122. The van der Waals surface area contributed by atoms with Crippen molar-refractivity contribution in [2.24, 2.45) is 0 Å². The van der Waals surface area contributed by atoms with Gasteiger partial charge in [0.25, 0.3) is 0 Å². The van der Waals surface area contributed by atoms with E-state index in [0.29, 0.717) is 16.6 Å². The molecular formula is C14H18Cl2N2O. The van der Waals surface area contributed by atoms with Gasteiger partial charge in [-0.25, -0.2) is 0 Å². The smallest absolute Gasteiger partial charge is 0.234 e. The summed E-state index contributed by atoms with van der Waals surface area (Å²) in [5.41, 5.74) is 0.890. The van der Waals surface area contributed by atoms with Crippen molar-refractivity contribution in [1.29, 1.82) is 0 Å². The molecule has 5 heteroatoms. The van der Waals surface area contributed by atoms with Crippen LogP contribution in [0.3, 0.4) is 0 Å². The molecular weight excluding hydrogens is 283 g/mol. The van der Waals surface area contributed by atoms with E-state index in [2.05, 4.69) is 10.2 Å². The van der Waals surface area contributed by atoms with Gasteiger partial charge in [-0.05, 0) is 50.6 Å². The maximum atomic E-state index is 11.9. The zero-order valence-corrected chi connectivity index (χ0v) is 12.5. The summed E-state index contributed by atoms with van der Waals surface area (Å²) in [6, 6.07) is 5.22. The second kappa shape index (κ2) is 6.60. The molecule has 3 nitrogen and oxygen atoms in total. The fourth-order valence-electron chi connectivity index (χ4n) is 2.36. The summed E-state index contributed by atoms with van der Waals surface area (Å²) in [6.07, 6.45) is 2.37. The average Bonchev–Trinajstić information content (AvgIpc) is 2.81. The van der Waals surface area contributed by atoms with Crippen molar-refractivity contribution < 1.29 is 4.79 Å². The highest BCUT2D eigenvalue weighted by Crippen LogP contribution is 2.26. The third kappa shape index (κ3) is 4.10. The summed E-state index contributed by atoms with van der Waals surface area (Å²) < 4.78 is 0. The van der Waals surface area contributed by atoms with Crippen LogP contribution in [0.5, 0.6) is 0 Å². The molecule has 0 bridgehead atoms. The Hall–Kier alpha value is -0.770. The molecule has 0 unspecified atom stereocenters. The molecule has 0 aliphatic carbocycles. The quantitative estimate of drug-likeness (QED) is 0.925. The van der Waals surface area contributed by atoms with E-state index in [1.165, 1.54) is 12.8 Å². The van der Waals surface area contributed by atoms with Crippen molar-refractivity contribution in [2.45, 2.75) is 25.8 Å². The monoisotopic (exact) mass is 300 g/mol. The van der Waals surface area contributed by atoms with Crippen LogP contribution in [-0.2, 0) is 4.79 Å². The first-order valence-corrected chi connectivity index (χ1v) is 7.28. The lowest BCUT2D eigenvalue weighted by Gasteiger charge is -2.19. The molecule has 1 saturated heterocycles. The number of carbonyl (C=O) groups is 1. The lowest BCUT2D eigenvalue weighted by Crippen LogP contribution is -2.37. The number of hydrogen-bond acceptors (Lipinski definition) is 2. The third-order valence-electron chi connectivity index (χ3n) is 3.37. The molecule has 1 N–H and O–H groups in total. The molecule has 1 fully saturated rings. The SMILES string of the molecule is C[C@@H](NC(=O)CN1CCCC1)c1ccc(Cl)cc1Cl. The number of hydrogen-bond donors (Lipinski definition) is 1. The van der Waals surface area contributed by atoms with Gasteiger partial charge in [-0.15, -0.1) is 0 Å². The Morgan fingerprint density at radius 3 is 2.68 bits per heavy atom. The number of benzene rings is 1. The maximum Gasteiger partial charge on any atom is 0.234 e. The first-order chi connectivity index (χ1) is 9.06. The van der Waals surface area contributed by atoms with Crippen molar-refractivity contribution in [2.75, 3.05) is 19.6 Å². The summed E-state index contributed by atoms with van der Waals surface area (Å²) in [5, 5.41) is 4.16. The normalized spacial score (nSPS) is 17.4. The van der Waals surface area contributed by atoms with Crippen LogP contribution in [0.4, 0.5) is 0 Å². The molecule has 1 aromatic rings. The molecule has 0 aromatic heterocycles. The van der Waals surface area contributed by atoms with E-state index in [-0.39, 0.29) is 11.9 Å². The van der Waals surface area contributed by atoms with Crippen LogP contribution in [0, 0.1) is 0 Å². The molecule has 0 radical (unpaired) electrons. The summed E-state index contributed by atoms with van der Waals surface area (Å²) >= 11 is 12.0. The lowest BCUT2D eigenvalue weighted by atomic mass is 10.1.